The molecule has 9 nitrogen and oxygen atoms in total. The highest BCUT2D eigenvalue weighted by molar-refractivity contribution is 5.98. The first-order chi connectivity index (χ1) is 12.0. The first-order valence-electron chi connectivity index (χ1n) is 8.02. The molecule has 0 aliphatic carbocycles. The number of hydrogen-bond acceptors (Lipinski definition) is 5. The Kier molecular flexibility index (Phi) is 4.64. The van der Waals surface area contributed by atoms with Crippen molar-refractivity contribution in [1.29, 1.82) is 0 Å². The average molecular weight is 345 g/mol. The minimum atomic E-state index is -0.886. The number of carboxylic acids is 1. The summed E-state index contributed by atoms with van der Waals surface area (Å²) in [5.74, 6) is -1.97. The Morgan fingerprint density at radius 3 is 2.84 bits per heavy atom. The predicted octanol–water partition coefficient (Wildman–Crippen LogP) is 0.353. The first-order valence-corrected chi connectivity index (χ1v) is 8.02. The second-order valence-corrected chi connectivity index (χ2v) is 6.21. The smallest absolute Gasteiger partial charge is 0.308 e. The lowest BCUT2D eigenvalue weighted by Crippen LogP contribution is -2.46. The van der Waals surface area contributed by atoms with Crippen LogP contribution in [0.3, 0.4) is 0 Å². The van der Waals surface area contributed by atoms with Crippen LogP contribution in [0.2, 0.25) is 0 Å². The largest absolute Gasteiger partial charge is 0.481 e. The van der Waals surface area contributed by atoms with Crippen molar-refractivity contribution in [3.63, 3.8) is 0 Å². The van der Waals surface area contributed by atoms with Gasteiger partial charge in [-0.2, -0.15) is 15.4 Å². The van der Waals surface area contributed by atoms with Crippen molar-refractivity contribution < 1.29 is 19.5 Å². The number of aliphatic carboxylic acids is 1. The lowest BCUT2D eigenvalue weighted by atomic mass is 9.98. The van der Waals surface area contributed by atoms with Crippen LogP contribution in [0.1, 0.15) is 23.2 Å². The molecule has 9 heteroatoms. The maximum atomic E-state index is 12.5. The summed E-state index contributed by atoms with van der Waals surface area (Å²) in [6, 6.07) is 4.93. The number of carbonyl (C=O) groups excluding carboxylic acids is 2. The van der Waals surface area contributed by atoms with Crippen LogP contribution in [-0.4, -0.2) is 74.8 Å². The van der Waals surface area contributed by atoms with E-state index in [4.69, 9.17) is 5.11 Å². The molecule has 2 aromatic rings. The number of likely N-dealkylation sites (N-methyl/N-ethyl adjacent to an activating group) is 1. The summed E-state index contributed by atoms with van der Waals surface area (Å²) in [6.45, 7) is 0.624. The number of rotatable bonds is 4. The van der Waals surface area contributed by atoms with Gasteiger partial charge in [0.1, 0.15) is 11.0 Å². The third-order valence-corrected chi connectivity index (χ3v) is 4.41. The maximum Gasteiger partial charge on any atom is 0.308 e. The number of piperidine rings is 1. The lowest BCUT2D eigenvalue weighted by molar-refractivity contribution is -0.145. The number of fused-ring (bicyclic) bond motifs is 1. The van der Waals surface area contributed by atoms with Gasteiger partial charge in [-0.05, 0) is 31.0 Å². The molecule has 1 fully saturated rings. The first kappa shape index (κ1) is 16.9. The lowest BCUT2D eigenvalue weighted by Gasteiger charge is -2.32. The summed E-state index contributed by atoms with van der Waals surface area (Å²) < 4.78 is 0. The number of H-pyrrole nitrogens is 1. The van der Waals surface area contributed by atoms with Crippen molar-refractivity contribution >= 4 is 28.8 Å². The summed E-state index contributed by atoms with van der Waals surface area (Å²) in [4.78, 5) is 38.9. The molecular weight excluding hydrogens is 326 g/mol. The quantitative estimate of drug-likeness (QED) is 0.825. The maximum absolute atomic E-state index is 12.5. The number of benzene rings is 1. The minimum Gasteiger partial charge on any atom is -0.481 e. The normalized spacial score (nSPS) is 17.5. The summed E-state index contributed by atoms with van der Waals surface area (Å²) in [7, 11) is 1.55. The number of carbonyl (C=O) groups is 3. The number of amides is 2. The van der Waals surface area contributed by atoms with Gasteiger partial charge in [-0.15, -0.1) is 0 Å². The predicted molar refractivity (Wildman–Crippen MR) is 87.8 cm³/mol. The molecule has 2 N–H and O–H groups in total. The Morgan fingerprint density at radius 2 is 2.08 bits per heavy atom. The minimum absolute atomic E-state index is 0.0952. The zero-order valence-corrected chi connectivity index (χ0v) is 13.8. The van der Waals surface area contributed by atoms with Crippen molar-refractivity contribution in [2.24, 2.45) is 5.92 Å². The van der Waals surface area contributed by atoms with Gasteiger partial charge in [-0.25, -0.2) is 0 Å². The summed E-state index contributed by atoms with van der Waals surface area (Å²) in [5, 5.41) is 19.5. The van der Waals surface area contributed by atoms with E-state index in [9.17, 15) is 14.4 Å². The number of nitrogens with zero attached hydrogens (tertiary/aromatic N) is 4. The Bertz CT molecular complexity index is 818. The van der Waals surface area contributed by atoms with E-state index < -0.39 is 11.9 Å². The van der Waals surface area contributed by atoms with Crippen LogP contribution in [0, 0.1) is 5.92 Å². The van der Waals surface area contributed by atoms with Gasteiger partial charge in [-0.1, -0.05) is 0 Å². The van der Waals surface area contributed by atoms with Crippen LogP contribution in [0.25, 0.3) is 11.0 Å². The van der Waals surface area contributed by atoms with Crippen LogP contribution in [0.15, 0.2) is 18.2 Å². The number of carboxylic acid groups (broad SMARTS) is 1. The highest BCUT2D eigenvalue weighted by atomic mass is 16.4. The molecule has 0 radical (unpaired) electrons. The standard InChI is InChI=1S/C16H19N5O4/c1-20(9-14(22)21-6-2-3-11(8-21)16(24)25)15(23)10-4-5-12-13(7-10)18-19-17-12/h4-5,7,11H,2-3,6,8-9H2,1H3,(H,24,25)(H,17,18,19). The third-order valence-electron chi connectivity index (χ3n) is 4.41. The van der Waals surface area contributed by atoms with Crippen LogP contribution >= 0.6 is 0 Å². The van der Waals surface area contributed by atoms with Gasteiger partial charge in [-0.3, -0.25) is 14.4 Å². The zero-order valence-electron chi connectivity index (χ0n) is 13.8. The van der Waals surface area contributed by atoms with Gasteiger partial charge < -0.3 is 14.9 Å². The molecule has 0 bridgehead atoms. The van der Waals surface area contributed by atoms with E-state index in [0.29, 0.717) is 36.0 Å². The van der Waals surface area contributed by atoms with Crippen LogP contribution in [-0.2, 0) is 9.59 Å². The molecule has 2 amide bonds. The summed E-state index contributed by atoms with van der Waals surface area (Å²) >= 11 is 0. The molecule has 132 valence electrons. The molecule has 0 saturated carbocycles. The molecule has 0 spiro atoms. The molecule has 3 rings (SSSR count). The highest BCUT2D eigenvalue weighted by Crippen LogP contribution is 2.17. The van der Waals surface area contributed by atoms with Crippen molar-refractivity contribution in [2.75, 3.05) is 26.7 Å². The summed E-state index contributed by atoms with van der Waals surface area (Å²) in [5.41, 5.74) is 1.65. The second-order valence-electron chi connectivity index (χ2n) is 6.21. The molecular formula is C16H19N5O4. The van der Waals surface area contributed by atoms with Crippen molar-refractivity contribution in [2.45, 2.75) is 12.8 Å². The fourth-order valence-corrected chi connectivity index (χ4v) is 2.97. The Hall–Kier alpha value is -2.97. The van der Waals surface area contributed by atoms with Gasteiger partial charge >= 0.3 is 5.97 Å². The Labute approximate surface area is 143 Å². The van der Waals surface area contributed by atoms with Gasteiger partial charge in [0.05, 0.1) is 12.5 Å². The van der Waals surface area contributed by atoms with E-state index in [0.717, 1.165) is 0 Å². The van der Waals surface area contributed by atoms with Crippen molar-refractivity contribution in [1.82, 2.24) is 25.2 Å². The van der Waals surface area contributed by atoms with Gasteiger partial charge in [0, 0.05) is 25.7 Å². The molecule has 1 aromatic carbocycles. The molecule has 1 unspecified atom stereocenters. The van der Waals surface area contributed by atoms with E-state index >= 15 is 0 Å². The zero-order chi connectivity index (χ0) is 18.0. The number of likely N-dealkylation sites (tertiary alicyclic amines) is 1. The van der Waals surface area contributed by atoms with E-state index in [1.807, 2.05) is 0 Å². The van der Waals surface area contributed by atoms with Gasteiger partial charge in [0.25, 0.3) is 5.91 Å². The van der Waals surface area contributed by atoms with Crippen LogP contribution in [0.4, 0.5) is 0 Å². The second kappa shape index (κ2) is 6.88. The number of hydrogen-bond donors (Lipinski definition) is 2. The molecule has 2 heterocycles. The third kappa shape index (κ3) is 3.59. The summed E-state index contributed by atoms with van der Waals surface area (Å²) in [6.07, 6.45) is 1.23. The van der Waals surface area contributed by atoms with E-state index in [2.05, 4.69) is 15.4 Å². The molecule has 1 aromatic heterocycles. The molecule has 1 aliphatic heterocycles. The monoisotopic (exact) mass is 345 g/mol. The molecule has 1 aliphatic rings. The van der Waals surface area contributed by atoms with E-state index in [1.54, 1.807) is 25.2 Å². The highest BCUT2D eigenvalue weighted by Gasteiger charge is 2.29. The average Bonchev–Trinajstić information content (AvgIpc) is 3.08. The number of aromatic nitrogens is 3. The topological polar surface area (TPSA) is 119 Å². The van der Waals surface area contributed by atoms with Crippen LogP contribution < -0.4 is 0 Å². The van der Waals surface area contributed by atoms with Gasteiger partial charge in [0.2, 0.25) is 5.91 Å². The Morgan fingerprint density at radius 1 is 1.32 bits per heavy atom. The fourth-order valence-electron chi connectivity index (χ4n) is 2.97. The van der Waals surface area contributed by atoms with E-state index in [-0.39, 0.29) is 24.9 Å². The number of aromatic amines is 1. The molecule has 25 heavy (non-hydrogen) atoms. The number of nitrogens with one attached hydrogen (secondary N) is 1. The SMILES string of the molecule is CN(CC(=O)N1CCCC(C(=O)O)C1)C(=O)c1ccc2n[nH]nc2c1. The molecule has 1 saturated heterocycles. The molecule has 1 atom stereocenters. The Balaban J connectivity index is 1.64. The van der Waals surface area contributed by atoms with E-state index in [1.165, 1.54) is 9.80 Å². The van der Waals surface area contributed by atoms with Crippen molar-refractivity contribution in [3.05, 3.63) is 23.8 Å². The van der Waals surface area contributed by atoms with Crippen molar-refractivity contribution in [3.8, 4) is 0 Å². The van der Waals surface area contributed by atoms with Gasteiger partial charge in [0.15, 0.2) is 0 Å². The fraction of sp³-hybridized carbons (Fsp3) is 0.438. The van der Waals surface area contributed by atoms with Crippen LogP contribution in [0.5, 0.6) is 0 Å².